The molecule has 2 fully saturated rings. The minimum Gasteiger partial charge on any atom is -0.468 e. The molecule has 0 bridgehead atoms. The molecule has 1 aromatic heterocycles. The zero-order valence-corrected chi connectivity index (χ0v) is 14.6. The summed E-state index contributed by atoms with van der Waals surface area (Å²) in [7, 11) is 1.21. The fourth-order valence-corrected chi connectivity index (χ4v) is 4.12. The number of para-hydroxylation sites is 1. The van der Waals surface area contributed by atoms with Crippen molar-refractivity contribution in [1.29, 1.82) is 0 Å². The van der Waals surface area contributed by atoms with E-state index in [-0.39, 0.29) is 5.69 Å². The van der Waals surface area contributed by atoms with E-state index in [0.29, 0.717) is 5.76 Å². The number of hydrogen-bond acceptors (Lipinski definition) is 6. The lowest BCUT2D eigenvalue weighted by Gasteiger charge is -2.28. The number of benzene rings is 1. The van der Waals surface area contributed by atoms with E-state index in [9.17, 15) is 18.8 Å². The van der Waals surface area contributed by atoms with Crippen LogP contribution in [0.5, 0.6) is 0 Å². The maximum Gasteiger partial charge on any atom is 0.326 e. The summed E-state index contributed by atoms with van der Waals surface area (Å²) >= 11 is 0. The van der Waals surface area contributed by atoms with E-state index in [2.05, 4.69) is 5.32 Å². The van der Waals surface area contributed by atoms with Crippen molar-refractivity contribution in [3.8, 4) is 0 Å². The monoisotopic (exact) mass is 372 g/mol. The van der Waals surface area contributed by atoms with Gasteiger partial charge in [-0.05, 0) is 31.2 Å². The molecule has 140 valence electrons. The molecule has 4 atom stereocenters. The number of fused-ring (bicyclic) bond motifs is 1. The van der Waals surface area contributed by atoms with Crippen molar-refractivity contribution >= 4 is 23.5 Å². The number of anilines is 1. The summed E-state index contributed by atoms with van der Waals surface area (Å²) in [6.45, 7) is 1.51. The first-order chi connectivity index (χ1) is 12.9. The maximum absolute atomic E-state index is 14.3. The number of rotatable bonds is 3. The molecule has 2 aliphatic rings. The van der Waals surface area contributed by atoms with Crippen LogP contribution < -0.4 is 10.2 Å². The molecule has 3 heterocycles. The number of methoxy groups -OCH3 is 1. The molecule has 0 spiro atoms. The number of hydrogen-bond donors (Lipinski definition) is 1. The zero-order valence-electron chi connectivity index (χ0n) is 14.6. The molecule has 2 amide bonds. The van der Waals surface area contributed by atoms with Crippen molar-refractivity contribution in [3.63, 3.8) is 0 Å². The molecule has 2 aliphatic heterocycles. The number of nitrogens with one attached hydrogen (secondary N) is 1. The van der Waals surface area contributed by atoms with Gasteiger partial charge in [-0.1, -0.05) is 12.1 Å². The number of ether oxygens (including phenoxy) is 1. The Morgan fingerprint density at radius 3 is 2.59 bits per heavy atom. The fraction of sp³-hybridized carbons (Fsp3) is 0.316. The van der Waals surface area contributed by atoms with Gasteiger partial charge < -0.3 is 9.15 Å². The molecule has 2 saturated heterocycles. The normalized spacial score (nSPS) is 29.9. The van der Waals surface area contributed by atoms with Gasteiger partial charge in [0.1, 0.15) is 17.1 Å². The van der Waals surface area contributed by atoms with Gasteiger partial charge >= 0.3 is 5.97 Å². The zero-order chi connectivity index (χ0) is 19.3. The second kappa shape index (κ2) is 6.02. The molecule has 0 aliphatic carbocycles. The number of carbonyl (C=O) groups is 3. The highest BCUT2D eigenvalue weighted by Crippen LogP contribution is 2.50. The minimum atomic E-state index is -1.45. The fourth-order valence-electron chi connectivity index (χ4n) is 4.12. The predicted octanol–water partition coefficient (Wildman–Crippen LogP) is 1.80. The Morgan fingerprint density at radius 1 is 1.22 bits per heavy atom. The Kier molecular flexibility index (Phi) is 3.88. The number of nitrogens with zero attached hydrogens (tertiary/aromatic N) is 1. The van der Waals surface area contributed by atoms with E-state index in [1.807, 2.05) is 0 Å². The van der Waals surface area contributed by atoms with Gasteiger partial charge in [-0.2, -0.15) is 0 Å². The van der Waals surface area contributed by atoms with Gasteiger partial charge in [-0.15, -0.1) is 0 Å². The van der Waals surface area contributed by atoms with Gasteiger partial charge in [-0.3, -0.25) is 19.7 Å². The predicted molar refractivity (Wildman–Crippen MR) is 90.9 cm³/mol. The number of amides is 2. The standard InChI is InChI=1S/C19H17FN2O5/c1-19(18(25)26-2)14-13(15(21-19)12-8-5-9-27-12)16(23)22(17(14)24)11-7-4-3-6-10(11)20/h3-9,13-15,21H,1-2H3/t13-,14+,15-,19-/m0/s1. The molecule has 0 saturated carbocycles. The first kappa shape index (κ1) is 17.4. The third-order valence-corrected chi connectivity index (χ3v) is 5.34. The molecule has 0 unspecified atom stereocenters. The van der Waals surface area contributed by atoms with Crippen molar-refractivity contribution in [2.75, 3.05) is 12.0 Å². The smallest absolute Gasteiger partial charge is 0.326 e. The Balaban J connectivity index is 1.84. The van der Waals surface area contributed by atoms with Crippen LogP contribution in [-0.4, -0.2) is 30.4 Å². The summed E-state index contributed by atoms with van der Waals surface area (Å²) in [6, 6.07) is 8.12. The number of carbonyl (C=O) groups excluding carboxylic acids is 3. The third-order valence-electron chi connectivity index (χ3n) is 5.34. The summed E-state index contributed by atoms with van der Waals surface area (Å²) in [4.78, 5) is 39.6. The lowest BCUT2D eigenvalue weighted by atomic mass is 9.81. The molecule has 27 heavy (non-hydrogen) atoms. The van der Waals surface area contributed by atoms with Crippen LogP contribution in [0.2, 0.25) is 0 Å². The maximum atomic E-state index is 14.3. The van der Waals surface area contributed by atoms with E-state index >= 15 is 0 Å². The first-order valence-electron chi connectivity index (χ1n) is 8.42. The van der Waals surface area contributed by atoms with Crippen LogP contribution in [0.15, 0.2) is 47.1 Å². The molecule has 8 heteroatoms. The largest absolute Gasteiger partial charge is 0.468 e. The van der Waals surface area contributed by atoms with Crippen molar-refractivity contribution in [1.82, 2.24) is 5.32 Å². The van der Waals surface area contributed by atoms with E-state index in [4.69, 9.17) is 9.15 Å². The lowest BCUT2D eigenvalue weighted by Crippen LogP contribution is -2.54. The van der Waals surface area contributed by atoms with Gasteiger partial charge in [0.15, 0.2) is 0 Å². The van der Waals surface area contributed by atoms with Crippen LogP contribution in [-0.2, 0) is 19.1 Å². The van der Waals surface area contributed by atoms with Crippen molar-refractivity contribution in [3.05, 3.63) is 54.2 Å². The molecule has 2 aromatic rings. The first-order valence-corrected chi connectivity index (χ1v) is 8.42. The highest BCUT2D eigenvalue weighted by atomic mass is 19.1. The topological polar surface area (TPSA) is 88.8 Å². The Bertz CT molecular complexity index is 928. The van der Waals surface area contributed by atoms with Gasteiger partial charge in [0, 0.05) is 0 Å². The SMILES string of the molecule is COC(=O)[C@@]1(C)N[C@@H](c2ccco2)[C@H]2C(=O)N(c3ccccc3F)C(=O)[C@@H]21. The highest BCUT2D eigenvalue weighted by Gasteiger charge is 2.67. The van der Waals surface area contributed by atoms with Crippen molar-refractivity contribution in [2.45, 2.75) is 18.5 Å². The van der Waals surface area contributed by atoms with Crippen LogP contribution in [0.4, 0.5) is 10.1 Å². The Morgan fingerprint density at radius 2 is 1.96 bits per heavy atom. The molecule has 4 rings (SSSR count). The van der Waals surface area contributed by atoms with Crippen LogP contribution in [0.3, 0.4) is 0 Å². The van der Waals surface area contributed by atoms with Gasteiger partial charge in [0.05, 0.1) is 36.9 Å². The summed E-state index contributed by atoms with van der Waals surface area (Å²) in [5.74, 6) is -4.17. The molecule has 1 N–H and O–H groups in total. The van der Waals surface area contributed by atoms with Crippen LogP contribution in [0.1, 0.15) is 18.7 Å². The van der Waals surface area contributed by atoms with Crippen LogP contribution in [0, 0.1) is 17.7 Å². The van der Waals surface area contributed by atoms with E-state index < -0.39 is 47.0 Å². The van der Waals surface area contributed by atoms with Crippen molar-refractivity contribution in [2.24, 2.45) is 11.8 Å². The second-order valence-corrected chi connectivity index (χ2v) is 6.80. The summed E-state index contributed by atoms with van der Waals surface area (Å²) in [6.07, 6.45) is 1.44. The molecule has 1 aromatic carbocycles. The quantitative estimate of drug-likeness (QED) is 0.653. The average Bonchev–Trinajstić information content (AvgIpc) is 3.34. The van der Waals surface area contributed by atoms with E-state index in [1.54, 1.807) is 12.1 Å². The Hall–Kier alpha value is -3.00. The molecule has 7 nitrogen and oxygen atoms in total. The van der Waals surface area contributed by atoms with Gasteiger partial charge in [0.25, 0.3) is 0 Å². The van der Waals surface area contributed by atoms with Gasteiger partial charge in [0.2, 0.25) is 11.8 Å². The van der Waals surface area contributed by atoms with Crippen molar-refractivity contribution < 1.29 is 27.9 Å². The lowest BCUT2D eigenvalue weighted by molar-refractivity contribution is -0.151. The summed E-state index contributed by atoms with van der Waals surface area (Å²) < 4.78 is 24.6. The summed E-state index contributed by atoms with van der Waals surface area (Å²) in [5, 5.41) is 3.04. The number of halogens is 1. The Labute approximate surface area is 154 Å². The number of furan rings is 1. The number of esters is 1. The molecular weight excluding hydrogens is 355 g/mol. The summed E-state index contributed by atoms with van der Waals surface area (Å²) in [5.41, 5.74) is -1.59. The van der Waals surface area contributed by atoms with E-state index in [1.165, 1.54) is 44.6 Å². The third kappa shape index (κ3) is 2.33. The van der Waals surface area contributed by atoms with Crippen LogP contribution >= 0.6 is 0 Å². The minimum absolute atomic E-state index is 0.132. The average molecular weight is 372 g/mol. The van der Waals surface area contributed by atoms with E-state index in [0.717, 1.165) is 4.90 Å². The molecular formula is C19H17FN2O5. The molecule has 0 radical (unpaired) electrons. The van der Waals surface area contributed by atoms with Gasteiger partial charge in [-0.25, -0.2) is 9.29 Å². The highest BCUT2D eigenvalue weighted by molar-refractivity contribution is 6.24. The number of imide groups is 1. The van der Waals surface area contributed by atoms with Crippen LogP contribution in [0.25, 0.3) is 0 Å². The second-order valence-electron chi connectivity index (χ2n) is 6.80.